The largest absolute Gasteiger partial charge is 0.508 e. The minimum Gasteiger partial charge on any atom is -0.508 e. The van der Waals surface area contributed by atoms with Crippen LogP contribution in [0.25, 0.3) is 0 Å². The van der Waals surface area contributed by atoms with Crippen LogP contribution >= 0.6 is 23.2 Å². The number of hydrogen-bond acceptors (Lipinski definition) is 3. The highest BCUT2D eigenvalue weighted by molar-refractivity contribution is 6.42. The van der Waals surface area contributed by atoms with Gasteiger partial charge in [-0.3, -0.25) is 4.79 Å². The van der Waals surface area contributed by atoms with Crippen LogP contribution in [0.2, 0.25) is 10.0 Å². The maximum Gasteiger partial charge on any atom is 0.229 e. The summed E-state index contributed by atoms with van der Waals surface area (Å²) in [6.45, 7) is 1.11. The summed E-state index contributed by atoms with van der Waals surface area (Å²) in [7, 11) is 0. The molecule has 1 aromatic carbocycles. The SMILES string of the molecule is O=C1N(CCCO)C[C@@H](c2c(O)ccc(Cl)c2Cl)C12CC2. The second-order valence-corrected chi connectivity index (χ2v) is 6.62. The molecule has 1 aliphatic heterocycles. The van der Waals surface area contributed by atoms with Gasteiger partial charge in [0.15, 0.2) is 0 Å². The quantitative estimate of drug-likeness (QED) is 0.892. The maximum absolute atomic E-state index is 12.6. The lowest BCUT2D eigenvalue weighted by Gasteiger charge is -2.19. The first-order chi connectivity index (χ1) is 10.0. The number of phenolic OH excluding ortho intramolecular Hbond substituents is 1. The van der Waals surface area contributed by atoms with Crippen LogP contribution in [0.5, 0.6) is 5.75 Å². The Morgan fingerprint density at radius 1 is 1.33 bits per heavy atom. The molecule has 1 saturated carbocycles. The Morgan fingerprint density at radius 3 is 2.67 bits per heavy atom. The molecule has 2 aliphatic rings. The van der Waals surface area contributed by atoms with Crippen LogP contribution in [-0.2, 0) is 4.79 Å². The minimum absolute atomic E-state index is 0.0601. The average Bonchev–Trinajstić information content (AvgIpc) is 3.21. The molecule has 114 valence electrons. The van der Waals surface area contributed by atoms with E-state index in [1.807, 2.05) is 0 Å². The molecule has 1 heterocycles. The molecule has 1 aromatic rings. The number of carbonyl (C=O) groups is 1. The zero-order valence-corrected chi connectivity index (χ0v) is 13.0. The summed E-state index contributed by atoms with van der Waals surface area (Å²) in [5, 5.41) is 19.8. The van der Waals surface area contributed by atoms with E-state index < -0.39 is 5.41 Å². The molecule has 4 nitrogen and oxygen atoms in total. The molecule has 3 rings (SSSR count). The van der Waals surface area contributed by atoms with Crippen molar-refractivity contribution in [1.82, 2.24) is 4.90 Å². The van der Waals surface area contributed by atoms with E-state index in [4.69, 9.17) is 28.3 Å². The highest BCUT2D eigenvalue weighted by Gasteiger charge is 2.62. The van der Waals surface area contributed by atoms with Crippen LogP contribution in [-0.4, -0.2) is 40.7 Å². The Bertz CT molecular complexity index is 587. The monoisotopic (exact) mass is 329 g/mol. The van der Waals surface area contributed by atoms with Gasteiger partial charge < -0.3 is 15.1 Å². The fourth-order valence-electron chi connectivity index (χ4n) is 3.35. The highest BCUT2D eigenvalue weighted by Crippen LogP contribution is 2.63. The number of rotatable bonds is 4. The molecular weight excluding hydrogens is 313 g/mol. The van der Waals surface area contributed by atoms with Crippen LogP contribution in [0.3, 0.4) is 0 Å². The van der Waals surface area contributed by atoms with Crippen molar-refractivity contribution in [3.63, 3.8) is 0 Å². The third-order valence-electron chi connectivity index (χ3n) is 4.62. The van der Waals surface area contributed by atoms with Crippen molar-refractivity contribution in [2.75, 3.05) is 19.7 Å². The molecule has 2 N–H and O–H groups in total. The smallest absolute Gasteiger partial charge is 0.229 e. The molecule has 21 heavy (non-hydrogen) atoms. The predicted octanol–water partition coefficient (Wildman–Crippen LogP) is 2.79. The first-order valence-corrected chi connectivity index (χ1v) is 7.84. The molecular formula is C15H17Cl2NO3. The van der Waals surface area contributed by atoms with Gasteiger partial charge in [-0.15, -0.1) is 0 Å². The summed E-state index contributed by atoms with van der Waals surface area (Å²) in [6, 6.07) is 3.09. The number of aliphatic hydroxyl groups excluding tert-OH is 1. The molecule has 1 amide bonds. The van der Waals surface area contributed by atoms with Crippen molar-refractivity contribution in [3.05, 3.63) is 27.7 Å². The van der Waals surface area contributed by atoms with E-state index in [0.717, 1.165) is 12.8 Å². The van der Waals surface area contributed by atoms with Crippen LogP contribution in [0, 0.1) is 5.41 Å². The van der Waals surface area contributed by atoms with Crippen molar-refractivity contribution in [3.8, 4) is 5.75 Å². The molecule has 2 fully saturated rings. The fourth-order valence-corrected chi connectivity index (χ4v) is 3.80. The number of benzene rings is 1. The van der Waals surface area contributed by atoms with Crippen molar-refractivity contribution >= 4 is 29.1 Å². The second kappa shape index (κ2) is 5.34. The van der Waals surface area contributed by atoms with E-state index in [-0.39, 0.29) is 24.2 Å². The first kappa shape index (κ1) is 14.9. The van der Waals surface area contributed by atoms with Crippen LogP contribution in [0.15, 0.2) is 12.1 Å². The topological polar surface area (TPSA) is 60.8 Å². The van der Waals surface area contributed by atoms with Gasteiger partial charge in [0, 0.05) is 31.2 Å². The van der Waals surface area contributed by atoms with E-state index in [1.54, 1.807) is 11.0 Å². The summed E-state index contributed by atoms with van der Waals surface area (Å²) >= 11 is 12.3. The zero-order valence-electron chi connectivity index (χ0n) is 11.5. The third kappa shape index (κ3) is 2.30. The number of aromatic hydroxyl groups is 1. The molecule has 0 aromatic heterocycles. The number of likely N-dealkylation sites (tertiary alicyclic amines) is 1. The summed E-state index contributed by atoms with van der Waals surface area (Å²) < 4.78 is 0. The van der Waals surface area contributed by atoms with Crippen molar-refractivity contribution in [2.24, 2.45) is 5.41 Å². The van der Waals surface area contributed by atoms with Crippen molar-refractivity contribution in [2.45, 2.75) is 25.2 Å². The van der Waals surface area contributed by atoms with Crippen LogP contribution in [0.1, 0.15) is 30.7 Å². The van der Waals surface area contributed by atoms with Gasteiger partial charge in [-0.1, -0.05) is 23.2 Å². The third-order valence-corrected chi connectivity index (χ3v) is 5.43. The number of nitrogens with zero attached hydrogens (tertiary/aromatic N) is 1. The number of amides is 1. The Hall–Kier alpha value is -0.970. The van der Waals surface area contributed by atoms with Gasteiger partial charge in [-0.05, 0) is 31.4 Å². The lowest BCUT2D eigenvalue weighted by atomic mass is 9.85. The van der Waals surface area contributed by atoms with E-state index >= 15 is 0 Å². The fraction of sp³-hybridized carbons (Fsp3) is 0.533. The van der Waals surface area contributed by atoms with E-state index in [9.17, 15) is 9.90 Å². The lowest BCUT2D eigenvalue weighted by molar-refractivity contribution is -0.132. The average molecular weight is 330 g/mol. The molecule has 6 heteroatoms. The number of halogens is 2. The molecule has 1 aliphatic carbocycles. The van der Waals surface area contributed by atoms with Gasteiger partial charge in [0.1, 0.15) is 5.75 Å². The molecule has 0 radical (unpaired) electrons. The number of carbonyl (C=O) groups excluding carboxylic acids is 1. The van der Waals surface area contributed by atoms with Crippen LogP contribution in [0.4, 0.5) is 0 Å². The number of aliphatic hydroxyl groups is 1. The second-order valence-electron chi connectivity index (χ2n) is 5.83. The Kier molecular flexibility index (Phi) is 3.80. The minimum atomic E-state index is -0.429. The molecule has 1 saturated heterocycles. The van der Waals surface area contributed by atoms with Crippen molar-refractivity contribution in [1.29, 1.82) is 0 Å². The molecule has 0 bridgehead atoms. The summed E-state index contributed by atoms with van der Waals surface area (Å²) in [4.78, 5) is 14.3. The van der Waals surface area contributed by atoms with Gasteiger partial charge in [0.25, 0.3) is 0 Å². The summed E-state index contributed by atoms with van der Waals surface area (Å²) in [5.41, 5.74) is 0.155. The maximum atomic E-state index is 12.6. The van der Waals surface area contributed by atoms with Gasteiger partial charge in [-0.2, -0.15) is 0 Å². The number of hydrogen-bond donors (Lipinski definition) is 2. The van der Waals surface area contributed by atoms with Crippen molar-refractivity contribution < 1.29 is 15.0 Å². The molecule has 1 atom stereocenters. The standard InChI is InChI=1S/C15H17Cl2NO3/c16-10-2-3-11(20)12(13(10)17)9-8-18(6-1-7-19)14(21)15(9)4-5-15/h2-3,9,19-20H,1,4-8H2/t9-/m0/s1. The molecule has 0 unspecified atom stereocenters. The van der Waals surface area contributed by atoms with Gasteiger partial charge in [-0.25, -0.2) is 0 Å². The Labute approximate surface area is 133 Å². The summed E-state index contributed by atoms with van der Waals surface area (Å²) in [5.74, 6) is 0.0729. The highest BCUT2D eigenvalue weighted by atomic mass is 35.5. The Morgan fingerprint density at radius 2 is 2.05 bits per heavy atom. The molecule has 1 spiro atoms. The van der Waals surface area contributed by atoms with E-state index in [2.05, 4.69) is 0 Å². The van der Waals surface area contributed by atoms with Crippen LogP contribution < -0.4 is 0 Å². The normalized spacial score (nSPS) is 23.1. The first-order valence-electron chi connectivity index (χ1n) is 7.08. The van der Waals surface area contributed by atoms with E-state index in [0.29, 0.717) is 35.1 Å². The van der Waals surface area contributed by atoms with Gasteiger partial charge in [0.05, 0.1) is 15.5 Å². The Balaban J connectivity index is 1.96. The zero-order chi connectivity index (χ0) is 15.2. The lowest BCUT2D eigenvalue weighted by Crippen LogP contribution is -2.29. The summed E-state index contributed by atoms with van der Waals surface area (Å²) in [6.07, 6.45) is 2.19. The predicted molar refractivity (Wildman–Crippen MR) is 80.8 cm³/mol. The van der Waals surface area contributed by atoms with Gasteiger partial charge >= 0.3 is 0 Å². The number of phenols is 1. The van der Waals surface area contributed by atoms with Gasteiger partial charge in [0.2, 0.25) is 5.91 Å². The van der Waals surface area contributed by atoms with E-state index in [1.165, 1.54) is 6.07 Å².